The number of rotatable bonds is 5. The highest BCUT2D eigenvalue weighted by molar-refractivity contribution is 6.05. The quantitative estimate of drug-likeness (QED) is 0.627. The maximum absolute atomic E-state index is 14.2. The number of hydrogen-bond acceptors (Lipinski definition) is 3. The molecule has 1 aliphatic carbocycles. The van der Waals surface area contributed by atoms with Crippen LogP contribution in [0.1, 0.15) is 59.5 Å². The molecule has 0 spiro atoms. The highest BCUT2D eigenvalue weighted by Gasteiger charge is 2.22. The van der Waals surface area contributed by atoms with E-state index in [2.05, 4.69) is 20.6 Å². The Morgan fingerprint density at radius 1 is 1.20 bits per heavy atom. The first-order chi connectivity index (χ1) is 14.4. The summed E-state index contributed by atoms with van der Waals surface area (Å²) in [6.07, 6.45) is 7.27. The molecular weight excluding hydrogens is 388 g/mol. The molecule has 0 aliphatic heterocycles. The molecule has 1 amide bonds. The van der Waals surface area contributed by atoms with E-state index in [0.717, 1.165) is 24.2 Å². The van der Waals surface area contributed by atoms with E-state index >= 15 is 0 Å². The summed E-state index contributed by atoms with van der Waals surface area (Å²) in [4.78, 5) is 12.9. The zero-order chi connectivity index (χ0) is 21.3. The molecule has 0 bridgehead atoms. The lowest BCUT2D eigenvalue weighted by molar-refractivity contribution is 0.102. The van der Waals surface area contributed by atoms with Crippen molar-refractivity contribution in [1.29, 1.82) is 0 Å². The van der Waals surface area contributed by atoms with E-state index < -0.39 is 11.6 Å². The van der Waals surface area contributed by atoms with Crippen LogP contribution in [0.4, 0.5) is 14.6 Å². The van der Waals surface area contributed by atoms with Gasteiger partial charge in [0.25, 0.3) is 5.91 Å². The minimum atomic E-state index is -0.743. The van der Waals surface area contributed by atoms with Crippen LogP contribution < -0.4 is 5.32 Å². The number of nitrogens with one attached hydrogen (secondary N) is 2. The van der Waals surface area contributed by atoms with Crippen LogP contribution in [-0.2, 0) is 6.42 Å². The van der Waals surface area contributed by atoms with Crippen LogP contribution in [0, 0.1) is 31.4 Å². The van der Waals surface area contributed by atoms with Gasteiger partial charge < -0.3 is 5.32 Å². The molecule has 6 nitrogen and oxygen atoms in total. The second-order valence-electron chi connectivity index (χ2n) is 7.99. The van der Waals surface area contributed by atoms with Crippen LogP contribution in [0.25, 0.3) is 5.69 Å². The summed E-state index contributed by atoms with van der Waals surface area (Å²) in [6, 6.07) is 5.12. The maximum atomic E-state index is 14.2. The van der Waals surface area contributed by atoms with Crippen LogP contribution in [0.5, 0.6) is 0 Å². The van der Waals surface area contributed by atoms with Crippen molar-refractivity contribution in [1.82, 2.24) is 20.0 Å². The van der Waals surface area contributed by atoms with Crippen LogP contribution >= 0.6 is 0 Å². The standard InChI is InChI=1S/C22H25F2N5O/c1-13-21(14(2)29(28-13)19-9-8-16(23)11-18(19)24)22(30)25-20-12-17(26-27-20)10-15-6-4-3-5-7-15/h8-9,11-12,15H,3-7,10H2,1-2H3,(H2,25,26,27,30). The maximum Gasteiger partial charge on any atom is 0.260 e. The van der Waals surface area contributed by atoms with E-state index in [1.807, 2.05) is 6.07 Å². The Morgan fingerprint density at radius 2 is 1.97 bits per heavy atom. The Labute approximate surface area is 173 Å². The van der Waals surface area contributed by atoms with E-state index in [-0.39, 0.29) is 11.6 Å². The smallest absolute Gasteiger partial charge is 0.260 e. The highest BCUT2D eigenvalue weighted by Crippen LogP contribution is 2.27. The monoisotopic (exact) mass is 413 g/mol. The highest BCUT2D eigenvalue weighted by atomic mass is 19.1. The first-order valence-electron chi connectivity index (χ1n) is 10.3. The Hall–Kier alpha value is -3.03. The molecule has 1 fully saturated rings. The van der Waals surface area contributed by atoms with E-state index in [1.165, 1.54) is 42.9 Å². The van der Waals surface area contributed by atoms with Crippen molar-refractivity contribution in [3.63, 3.8) is 0 Å². The van der Waals surface area contributed by atoms with Crippen molar-refractivity contribution in [2.75, 3.05) is 5.32 Å². The number of carbonyl (C=O) groups excluding carboxylic acids is 1. The van der Waals surface area contributed by atoms with Crippen molar-refractivity contribution >= 4 is 11.7 Å². The van der Waals surface area contributed by atoms with Gasteiger partial charge in [0.15, 0.2) is 11.6 Å². The SMILES string of the molecule is Cc1nn(-c2ccc(F)cc2F)c(C)c1C(=O)Nc1cc(CC2CCCCC2)[nH]n1. The van der Waals surface area contributed by atoms with Gasteiger partial charge in [-0.3, -0.25) is 9.89 Å². The van der Waals surface area contributed by atoms with Crippen molar-refractivity contribution < 1.29 is 13.6 Å². The molecule has 30 heavy (non-hydrogen) atoms. The predicted molar refractivity (Wildman–Crippen MR) is 110 cm³/mol. The fourth-order valence-electron chi connectivity index (χ4n) is 4.27. The zero-order valence-corrected chi connectivity index (χ0v) is 17.1. The van der Waals surface area contributed by atoms with Gasteiger partial charge in [-0.25, -0.2) is 13.5 Å². The van der Waals surface area contributed by atoms with Gasteiger partial charge in [0.2, 0.25) is 0 Å². The summed E-state index contributed by atoms with van der Waals surface area (Å²) < 4.78 is 28.7. The van der Waals surface area contributed by atoms with E-state index in [1.54, 1.807) is 13.8 Å². The second-order valence-corrected chi connectivity index (χ2v) is 7.99. The number of aromatic nitrogens is 4. The molecule has 0 radical (unpaired) electrons. The third-order valence-electron chi connectivity index (χ3n) is 5.76. The molecular formula is C22H25F2N5O. The lowest BCUT2D eigenvalue weighted by Crippen LogP contribution is -2.14. The number of H-pyrrole nitrogens is 1. The normalized spacial score (nSPS) is 14.8. The molecule has 1 aliphatic rings. The molecule has 1 saturated carbocycles. The molecule has 3 aromatic rings. The molecule has 2 heterocycles. The van der Waals surface area contributed by atoms with E-state index in [0.29, 0.717) is 28.7 Å². The summed E-state index contributed by atoms with van der Waals surface area (Å²) in [6.45, 7) is 3.36. The number of aromatic amines is 1. The van der Waals surface area contributed by atoms with Crippen LogP contribution in [-0.4, -0.2) is 25.9 Å². The topological polar surface area (TPSA) is 75.6 Å². The average molecular weight is 413 g/mol. The molecule has 0 unspecified atom stereocenters. The van der Waals surface area contributed by atoms with Crippen LogP contribution in [0.2, 0.25) is 0 Å². The van der Waals surface area contributed by atoms with Crippen molar-refractivity contribution in [3.8, 4) is 5.69 Å². The lowest BCUT2D eigenvalue weighted by Gasteiger charge is -2.20. The fraction of sp³-hybridized carbons (Fsp3) is 0.409. The Bertz CT molecular complexity index is 1070. The number of nitrogens with zero attached hydrogens (tertiary/aromatic N) is 3. The van der Waals surface area contributed by atoms with Gasteiger partial charge >= 0.3 is 0 Å². The van der Waals surface area contributed by atoms with Gasteiger partial charge in [-0.05, 0) is 38.3 Å². The minimum absolute atomic E-state index is 0.0885. The largest absolute Gasteiger partial charge is 0.305 e. The minimum Gasteiger partial charge on any atom is -0.305 e. The molecule has 1 aromatic carbocycles. The van der Waals surface area contributed by atoms with Gasteiger partial charge in [0, 0.05) is 17.8 Å². The third-order valence-corrected chi connectivity index (χ3v) is 5.76. The molecule has 158 valence electrons. The Kier molecular flexibility index (Phi) is 5.65. The van der Waals surface area contributed by atoms with Crippen molar-refractivity contribution in [2.45, 2.75) is 52.4 Å². The average Bonchev–Trinajstić information content (AvgIpc) is 3.26. The zero-order valence-electron chi connectivity index (χ0n) is 17.1. The number of carbonyl (C=O) groups is 1. The molecule has 2 N–H and O–H groups in total. The van der Waals surface area contributed by atoms with Gasteiger partial charge in [0.05, 0.1) is 17.0 Å². The first kappa shape index (κ1) is 20.3. The summed E-state index contributed by atoms with van der Waals surface area (Å²) >= 11 is 0. The summed E-state index contributed by atoms with van der Waals surface area (Å²) in [5, 5.41) is 14.3. The number of amides is 1. The van der Waals surface area contributed by atoms with Gasteiger partial charge in [-0.15, -0.1) is 0 Å². The number of aryl methyl sites for hydroxylation is 1. The van der Waals surface area contributed by atoms with Gasteiger partial charge in [0.1, 0.15) is 11.5 Å². The van der Waals surface area contributed by atoms with Gasteiger partial charge in [-0.1, -0.05) is 32.1 Å². The van der Waals surface area contributed by atoms with Gasteiger partial charge in [-0.2, -0.15) is 10.2 Å². The molecule has 0 atom stereocenters. The fourth-order valence-corrected chi connectivity index (χ4v) is 4.27. The number of anilines is 1. The van der Waals surface area contributed by atoms with Crippen LogP contribution in [0.15, 0.2) is 24.3 Å². The molecule has 4 rings (SSSR count). The number of hydrogen-bond donors (Lipinski definition) is 2. The first-order valence-corrected chi connectivity index (χ1v) is 10.3. The lowest BCUT2D eigenvalue weighted by atomic mass is 9.86. The Morgan fingerprint density at radius 3 is 2.70 bits per heavy atom. The summed E-state index contributed by atoms with van der Waals surface area (Å²) in [5.74, 6) is -0.665. The predicted octanol–water partition coefficient (Wildman–Crippen LogP) is 4.87. The van der Waals surface area contributed by atoms with Crippen molar-refractivity contribution in [2.24, 2.45) is 5.92 Å². The second kappa shape index (κ2) is 8.38. The molecule has 2 aromatic heterocycles. The number of halogens is 2. The van der Waals surface area contributed by atoms with E-state index in [4.69, 9.17) is 0 Å². The van der Waals surface area contributed by atoms with E-state index in [9.17, 15) is 13.6 Å². The summed E-state index contributed by atoms with van der Waals surface area (Å²) in [7, 11) is 0. The van der Waals surface area contributed by atoms with Crippen molar-refractivity contribution in [3.05, 3.63) is 58.5 Å². The molecule has 0 saturated heterocycles. The number of benzene rings is 1. The summed E-state index contributed by atoms with van der Waals surface area (Å²) in [5.41, 5.74) is 2.36. The molecule has 8 heteroatoms. The third kappa shape index (κ3) is 4.13. The Balaban J connectivity index is 1.51. The van der Waals surface area contributed by atoms with Crippen LogP contribution in [0.3, 0.4) is 0 Å².